The summed E-state index contributed by atoms with van der Waals surface area (Å²) in [6.07, 6.45) is 0. The Morgan fingerprint density at radius 1 is 1.06 bits per heavy atom. The van der Waals surface area contributed by atoms with E-state index in [-0.39, 0.29) is 0 Å². The monoisotopic (exact) mass is 250 g/mol. The first-order valence-electron chi connectivity index (χ1n) is 6.79. The van der Waals surface area contributed by atoms with E-state index in [1.807, 2.05) is 13.8 Å². The summed E-state index contributed by atoms with van der Waals surface area (Å²) in [6, 6.07) is 6.45. The first-order chi connectivity index (χ1) is 8.70. The summed E-state index contributed by atoms with van der Waals surface area (Å²) in [6.45, 7) is 10.5. The Morgan fingerprint density at radius 3 is 2.22 bits per heavy atom. The number of hydrogen-bond donors (Lipinski definition) is 0. The smallest absolute Gasteiger partial charge is 0.123 e. The summed E-state index contributed by atoms with van der Waals surface area (Å²) in [5, 5.41) is 0. The summed E-state index contributed by atoms with van der Waals surface area (Å²) in [5.41, 5.74) is 2.47. The van der Waals surface area contributed by atoms with Crippen LogP contribution in [0.3, 0.4) is 0 Å². The molecule has 1 heterocycles. The Morgan fingerprint density at radius 2 is 1.67 bits per heavy atom. The van der Waals surface area contributed by atoms with E-state index in [1.165, 1.54) is 11.3 Å². The van der Waals surface area contributed by atoms with Gasteiger partial charge in [0.1, 0.15) is 5.75 Å². The van der Waals surface area contributed by atoms with Gasteiger partial charge in [-0.25, -0.2) is 0 Å². The fraction of sp³-hybridized carbons (Fsp3) is 0.600. The minimum atomic E-state index is 0.983. The van der Waals surface area contributed by atoms with Gasteiger partial charge in [0.25, 0.3) is 0 Å². The van der Waals surface area contributed by atoms with Gasteiger partial charge in [0.15, 0.2) is 0 Å². The summed E-state index contributed by atoms with van der Waals surface area (Å²) in [7, 11) is 3.91. The first kappa shape index (κ1) is 14.8. The van der Waals surface area contributed by atoms with Crippen LogP contribution in [0, 0.1) is 6.92 Å². The lowest BCUT2D eigenvalue weighted by Crippen LogP contribution is -2.44. The van der Waals surface area contributed by atoms with Crippen molar-refractivity contribution in [3.8, 4) is 5.75 Å². The average Bonchev–Trinajstić information content (AvgIpc) is 2.43. The summed E-state index contributed by atoms with van der Waals surface area (Å²) in [5.74, 6) is 0.983. The lowest BCUT2D eigenvalue weighted by molar-refractivity contribution is 0.312. The van der Waals surface area contributed by atoms with Gasteiger partial charge in [-0.2, -0.15) is 0 Å². The van der Waals surface area contributed by atoms with Gasteiger partial charge >= 0.3 is 0 Å². The predicted octanol–water partition coefficient (Wildman–Crippen LogP) is 2.78. The topological polar surface area (TPSA) is 15.7 Å². The second kappa shape index (κ2) is 7.27. The summed E-state index contributed by atoms with van der Waals surface area (Å²) < 4.78 is 5.36. The van der Waals surface area contributed by atoms with Crippen molar-refractivity contribution in [1.29, 1.82) is 0 Å². The molecule has 0 unspecified atom stereocenters. The molecule has 0 aromatic heterocycles. The number of aryl methyl sites for hydroxylation is 1. The number of ether oxygens (including phenoxy) is 1. The fourth-order valence-electron chi connectivity index (χ4n) is 2.07. The highest BCUT2D eigenvalue weighted by Crippen LogP contribution is 2.25. The number of benzene rings is 1. The molecule has 0 saturated carbocycles. The molecule has 0 aliphatic carbocycles. The maximum Gasteiger partial charge on any atom is 0.123 e. The standard InChI is InChI=1S/C13H20N2O.C2H6/c1-11-4-5-12(10-13(11)16-3)15-8-6-14(2)7-9-15;1-2/h4-5,10H,6-9H2,1-3H3;1-2H3. The molecule has 1 aliphatic rings. The second-order valence-corrected chi connectivity index (χ2v) is 4.44. The maximum absolute atomic E-state index is 5.36. The lowest BCUT2D eigenvalue weighted by Gasteiger charge is -2.34. The van der Waals surface area contributed by atoms with Crippen molar-refractivity contribution in [1.82, 2.24) is 4.90 Å². The fourth-order valence-corrected chi connectivity index (χ4v) is 2.07. The molecule has 0 spiro atoms. The van der Waals surface area contributed by atoms with Crippen molar-refractivity contribution in [2.45, 2.75) is 20.8 Å². The van der Waals surface area contributed by atoms with Crippen LogP contribution in [0.15, 0.2) is 18.2 Å². The number of anilines is 1. The Balaban J connectivity index is 0.000000771. The van der Waals surface area contributed by atoms with Crippen LogP contribution in [0.2, 0.25) is 0 Å². The molecule has 3 heteroatoms. The molecule has 0 N–H and O–H groups in total. The largest absolute Gasteiger partial charge is 0.496 e. The summed E-state index contributed by atoms with van der Waals surface area (Å²) in [4.78, 5) is 4.78. The van der Waals surface area contributed by atoms with E-state index in [0.717, 1.165) is 31.9 Å². The van der Waals surface area contributed by atoms with E-state index in [9.17, 15) is 0 Å². The van der Waals surface area contributed by atoms with Gasteiger partial charge in [0.05, 0.1) is 7.11 Å². The molecule has 0 bridgehead atoms. The lowest BCUT2D eigenvalue weighted by atomic mass is 10.1. The predicted molar refractivity (Wildman–Crippen MR) is 78.8 cm³/mol. The van der Waals surface area contributed by atoms with Gasteiger partial charge < -0.3 is 14.5 Å². The number of nitrogens with zero attached hydrogens (tertiary/aromatic N) is 2. The summed E-state index contributed by atoms with van der Waals surface area (Å²) >= 11 is 0. The van der Waals surface area contributed by atoms with E-state index in [1.54, 1.807) is 7.11 Å². The molecule has 0 atom stereocenters. The van der Waals surface area contributed by atoms with E-state index < -0.39 is 0 Å². The van der Waals surface area contributed by atoms with Gasteiger partial charge in [0.2, 0.25) is 0 Å². The van der Waals surface area contributed by atoms with E-state index in [2.05, 4.69) is 42.0 Å². The van der Waals surface area contributed by atoms with Crippen molar-refractivity contribution in [3.63, 3.8) is 0 Å². The normalized spacial score (nSPS) is 15.9. The molecule has 1 aliphatic heterocycles. The Bertz CT molecular complexity index is 358. The molecular formula is C15H26N2O. The van der Waals surface area contributed by atoms with Crippen molar-refractivity contribution in [3.05, 3.63) is 23.8 Å². The molecular weight excluding hydrogens is 224 g/mol. The maximum atomic E-state index is 5.36. The second-order valence-electron chi connectivity index (χ2n) is 4.44. The Kier molecular flexibility index (Phi) is 5.99. The molecule has 1 aromatic rings. The van der Waals surface area contributed by atoms with Crippen molar-refractivity contribution < 1.29 is 4.74 Å². The SMILES string of the molecule is CC.COc1cc(N2CCN(C)CC2)ccc1C. The van der Waals surface area contributed by atoms with E-state index in [0.29, 0.717) is 0 Å². The third-order valence-electron chi connectivity index (χ3n) is 3.26. The molecule has 0 radical (unpaired) electrons. The third kappa shape index (κ3) is 3.64. The van der Waals surface area contributed by atoms with Gasteiger partial charge in [-0.1, -0.05) is 19.9 Å². The molecule has 1 fully saturated rings. The number of methoxy groups -OCH3 is 1. The van der Waals surface area contributed by atoms with Crippen LogP contribution >= 0.6 is 0 Å². The van der Waals surface area contributed by atoms with Crippen molar-refractivity contribution in [2.75, 3.05) is 45.2 Å². The zero-order chi connectivity index (χ0) is 13.5. The van der Waals surface area contributed by atoms with Crippen LogP contribution in [-0.2, 0) is 0 Å². The van der Waals surface area contributed by atoms with Gasteiger partial charge in [-0.15, -0.1) is 0 Å². The van der Waals surface area contributed by atoms with E-state index >= 15 is 0 Å². The Labute approximate surface area is 111 Å². The van der Waals surface area contributed by atoms with Crippen LogP contribution in [0.4, 0.5) is 5.69 Å². The molecule has 102 valence electrons. The highest BCUT2D eigenvalue weighted by Gasteiger charge is 2.14. The molecule has 2 rings (SSSR count). The molecule has 0 amide bonds. The number of rotatable bonds is 2. The van der Waals surface area contributed by atoms with Gasteiger partial charge in [-0.3, -0.25) is 0 Å². The molecule has 3 nitrogen and oxygen atoms in total. The first-order valence-corrected chi connectivity index (χ1v) is 6.79. The van der Waals surface area contributed by atoms with Gasteiger partial charge in [0, 0.05) is 37.9 Å². The number of hydrogen-bond acceptors (Lipinski definition) is 3. The van der Waals surface area contributed by atoms with Gasteiger partial charge in [-0.05, 0) is 25.6 Å². The number of piperazine rings is 1. The zero-order valence-corrected chi connectivity index (χ0v) is 12.4. The van der Waals surface area contributed by atoms with Crippen LogP contribution in [0.5, 0.6) is 5.75 Å². The quantitative estimate of drug-likeness (QED) is 0.802. The van der Waals surface area contributed by atoms with Crippen LogP contribution in [0.25, 0.3) is 0 Å². The van der Waals surface area contributed by atoms with Crippen LogP contribution < -0.4 is 9.64 Å². The highest BCUT2D eigenvalue weighted by atomic mass is 16.5. The van der Waals surface area contributed by atoms with Crippen LogP contribution in [-0.4, -0.2) is 45.2 Å². The minimum Gasteiger partial charge on any atom is -0.496 e. The molecule has 1 aromatic carbocycles. The number of likely N-dealkylation sites (N-methyl/N-ethyl adjacent to an activating group) is 1. The molecule has 1 saturated heterocycles. The minimum absolute atomic E-state index is 0.983. The van der Waals surface area contributed by atoms with Crippen LogP contribution in [0.1, 0.15) is 19.4 Å². The van der Waals surface area contributed by atoms with Crippen molar-refractivity contribution in [2.24, 2.45) is 0 Å². The third-order valence-corrected chi connectivity index (χ3v) is 3.26. The molecule has 18 heavy (non-hydrogen) atoms. The zero-order valence-electron chi connectivity index (χ0n) is 12.4. The highest BCUT2D eigenvalue weighted by molar-refractivity contribution is 5.53. The van der Waals surface area contributed by atoms with Crippen molar-refractivity contribution >= 4 is 5.69 Å². The average molecular weight is 250 g/mol. The van der Waals surface area contributed by atoms with E-state index in [4.69, 9.17) is 4.74 Å². The Hall–Kier alpha value is -1.22.